The second-order valence-corrected chi connectivity index (χ2v) is 6.63. The summed E-state index contributed by atoms with van der Waals surface area (Å²) >= 11 is 5.64. The lowest BCUT2D eigenvalue weighted by molar-refractivity contribution is 0.0750. The lowest BCUT2D eigenvalue weighted by atomic mass is 10.1. The molecule has 2 aromatic rings. The average Bonchev–Trinajstić information content (AvgIpc) is 2.84. The highest BCUT2D eigenvalue weighted by Crippen LogP contribution is 2.26. The highest BCUT2D eigenvalue weighted by atomic mass is 127. The quantitative estimate of drug-likeness (QED) is 0.624. The Labute approximate surface area is 134 Å². The maximum Gasteiger partial charge on any atom is 0.255 e. The number of nitrogens with zero attached hydrogens (tertiary/aromatic N) is 1. The summed E-state index contributed by atoms with van der Waals surface area (Å²) in [4.78, 5) is 14.5. The number of fused-ring (bicyclic) bond motifs is 1. The molecular weight excluding hydrogens is 417 g/mol. The lowest BCUT2D eigenvalue weighted by Crippen LogP contribution is -2.26. The van der Waals surface area contributed by atoms with Crippen LogP contribution in [0.5, 0.6) is 0 Å². The number of benzene rings is 2. The molecule has 0 spiro atoms. The van der Waals surface area contributed by atoms with E-state index in [4.69, 9.17) is 0 Å². The van der Waals surface area contributed by atoms with Crippen molar-refractivity contribution in [3.8, 4) is 0 Å². The van der Waals surface area contributed by atoms with E-state index in [1.165, 1.54) is 11.1 Å². The third-order valence-electron chi connectivity index (χ3n) is 3.29. The average molecular weight is 428 g/mol. The summed E-state index contributed by atoms with van der Waals surface area (Å²) in [6, 6.07) is 14.0. The Bertz CT molecular complexity index is 631. The highest BCUT2D eigenvalue weighted by molar-refractivity contribution is 14.1. The number of rotatable bonds is 1. The van der Waals surface area contributed by atoms with E-state index in [0.717, 1.165) is 13.6 Å². The largest absolute Gasteiger partial charge is 0.330 e. The van der Waals surface area contributed by atoms with Gasteiger partial charge in [-0.2, -0.15) is 0 Å². The second-order valence-electron chi connectivity index (χ2n) is 4.55. The summed E-state index contributed by atoms with van der Waals surface area (Å²) in [6.45, 7) is 1.41. The molecule has 2 aromatic carbocycles. The number of carbonyl (C=O) groups is 1. The molecule has 1 amide bonds. The smallest absolute Gasteiger partial charge is 0.255 e. The molecule has 1 aliphatic heterocycles. The minimum Gasteiger partial charge on any atom is -0.330 e. The molecule has 0 aromatic heterocycles. The van der Waals surface area contributed by atoms with Crippen LogP contribution in [0.25, 0.3) is 0 Å². The molecule has 0 saturated carbocycles. The summed E-state index contributed by atoms with van der Waals surface area (Å²) in [7, 11) is 0. The van der Waals surface area contributed by atoms with Gasteiger partial charge in [0, 0.05) is 21.1 Å². The summed E-state index contributed by atoms with van der Waals surface area (Å²) in [6.07, 6.45) is 0. The normalized spacial score (nSPS) is 13.5. The van der Waals surface area contributed by atoms with Gasteiger partial charge >= 0.3 is 0 Å². The molecular formula is C15H11BrINO. The van der Waals surface area contributed by atoms with Gasteiger partial charge in [0.05, 0.1) is 5.56 Å². The third-order valence-corrected chi connectivity index (χ3v) is 4.72. The number of halogens is 2. The van der Waals surface area contributed by atoms with Crippen molar-refractivity contribution < 1.29 is 4.79 Å². The summed E-state index contributed by atoms with van der Waals surface area (Å²) in [5, 5.41) is 0. The molecule has 3 rings (SSSR count). The van der Waals surface area contributed by atoms with Crippen LogP contribution in [0.4, 0.5) is 0 Å². The van der Waals surface area contributed by atoms with Crippen molar-refractivity contribution in [2.24, 2.45) is 0 Å². The van der Waals surface area contributed by atoms with E-state index in [1.807, 2.05) is 35.2 Å². The minimum atomic E-state index is 0.0990. The predicted octanol–water partition coefficient (Wildman–Crippen LogP) is 4.21. The molecule has 2 nitrogen and oxygen atoms in total. The fraction of sp³-hybridized carbons (Fsp3) is 0.133. The van der Waals surface area contributed by atoms with Crippen molar-refractivity contribution in [2.75, 3.05) is 0 Å². The molecule has 0 saturated heterocycles. The maximum absolute atomic E-state index is 12.6. The molecule has 1 heterocycles. The van der Waals surface area contributed by atoms with Crippen molar-refractivity contribution >= 4 is 44.4 Å². The first kappa shape index (κ1) is 13.1. The van der Waals surface area contributed by atoms with Crippen LogP contribution in [-0.4, -0.2) is 10.8 Å². The van der Waals surface area contributed by atoms with E-state index in [1.54, 1.807) is 0 Å². The topological polar surface area (TPSA) is 20.3 Å². The SMILES string of the molecule is O=C(c1cc(Br)ccc1I)N1Cc2ccccc2C1. The minimum absolute atomic E-state index is 0.0990. The molecule has 19 heavy (non-hydrogen) atoms. The molecule has 1 aliphatic rings. The maximum atomic E-state index is 12.6. The van der Waals surface area contributed by atoms with E-state index < -0.39 is 0 Å². The van der Waals surface area contributed by atoms with E-state index in [0.29, 0.717) is 13.1 Å². The van der Waals surface area contributed by atoms with Crippen LogP contribution in [0.3, 0.4) is 0 Å². The molecule has 0 aliphatic carbocycles. The van der Waals surface area contributed by atoms with Gasteiger partial charge in [0.25, 0.3) is 5.91 Å². The second kappa shape index (κ2) is 5.25. The van der Waals surface area contributed by atoms with Gasteiger partial charge in [-0.3, -0.25) is 4.79 Å². The Morgan fingerprint density at radius 3 is 2.37 bits per heavy atom. The molecule has 0 fully saturated rings. The number of carbonyl (C=O) groups excluding carboxylic acids is 1. The van der Waals surface area contributed by atoms with E-state index in [2.05, 4.69) is 50.7 Å². The summed E-state index contributed by atoms with van der Waals surface area (Å²) in [5.74, 6) is 0.0990. The molecule has 4 heteroatoms. The molecule has 96 valence electrons. The number of hydrogen-bond acceptors (Lipinski definition) is 1. The molecule has 0 unspecified atom stereocenters. The predicted molar refractivity (Wildman–Crippen MR) is 86.9 cm³/mol. The molecule has 0 atom stereocenters. The van der Waals surface area contributed by atoms with E-state index in [9.17, 15) is 4.79 Å². The van der Waals surface area contributed by atoms with Crippen molar-refractivity contribution in [1.82, 2.24) is 4.90 Å². The van der Waals surface area contributed by atoms with Crippen molar-refractivity contribution in [3.05, 3.63) is 67.2 Å². The van der Waals surface area contributed by atoms with E-state index >= 15 is 0 Å². The van der Waals surface area contributed by atoms with Crippen LogP contribution < -0.4 is 0 Å². The van der Waals surface area contributed by atoms with Crippen molar-refractivity contribution in [1.29, 1.82) is 0 Å². The zero-order valence-corrected chi connectivity index (χ0v) is 13.8. The van der Waals surface area contributed by atoms with Crippen LogP contribution in [0.1, 0.15) is 21.5 Å². The van der Waals surface area contributed by atoms with Gasteiger partial charge in [-0.25, -0.2) is 0 Å². The fourth-order valence-corrected chi connectivity index (χ4v) is 3.24. The van der Waals surface area contributed by atoms with Gasteiger partial charge in [0.1, 0.15) is 0 Å². The van der Waals surface area contributed by atoms with Crippen LogP contribution in [0.15, 0.2) is 46.9 Å². The zero-order chi connectivity index (χ0) is 13.4. The Balaban J connectivity index is 1.89. The van der Waals surface area contributed by atoms with Crippen LogP contribution in [0.2, 0.25) is 0 Å². The molecule has 0 bridgehead atoms. The summed E-state index contributed by atoms with van der Waals surface area (Å²) in [5.41, 5.74) is 3.27. The van der Waals surface area contributed by atoms with Gasteiger partial charge in [-0.15, -0.1) is 0 Å². The standard InChI is InChI=1S/C15H11BrINO/c16-12-5-6-14(17)13(7-12)15(19)18-8-10-3-1-2-4-11(10)9-18/h1-7H,8-9H2. The van der Waals surface area contributed by atoms with E-state index in [-0.39, 0.29) is 5.91 Å². The highest BCUT2D eigenvalue weighted by Gasteiger charge is 2.25. The van der Waals surface area contributed by atoms with Crippen molar-refractivity contribution in [2.45, 2.75) is 13.1 Å². The van der Waals surface area contributed by atoms with Gasteiger partial charge < -0.3 is 4.90 Å². The van der Waals surface area contributed by atoms with Gasteiger partial charge in [0.2, 0.25) is 0 Å². The third kappa shape index (κ3) is 2.56. The summed E-state index contributed by atoms with van der Waals surface area (Å²) < 4.78 is 1.93. The Hall–Kier alpha value is -0.880. The van der Waals surface area contributed by atoms with Gasteiger partial charge in [-0.05, 0) is 51.9 Å². The first-order valence-corrected chi connectivity index (χ1v) is 7.83. The van der Waals surface area contributed by atoms with Crippen LogP contribution in [0, 0.1) is 3.57 Å². The zero-order valence-electron chi connectivity index (χ0n) is 10.1. The Morgan fingerprint density at radius 1 is 1.11 bits per heavy atom. The molecule has 0 radical (unpaired) electrons. The van der Waals surface area contributed by atoms with Crippen molar-refractivity contribution in [3.63, 3.8) is 0 Å². The lowest BCUT2D eigenvalue weighted by Gasteiger charge is -2.16. The monoisotopic (exact) mass is 427 g/mol. The first-order chi connectivity index (χ1) is 9.15. The van der Waals surface area contributed by atoms with Crippen LogP contribution >= 0.6 is 38.5 Å². The van der Waals surface area contributed by atoms with Gasteiger partial charge in [0.15, 0.2) is 0 Å². The number of amides is 1. The molecule has 0 N–H and O–H groups in total. The van der Waals surface area contributed by atoms with Crippen LogP contribution in [-0.2, 0) is 13.1 Å². The Kier molecular flexibility index (Phi) is 3.62. The number of hydrogen-bond donors (Lipinski definition) is 0. The fourth-order valence-electron chi connectivity index (χ4n) is 2.31. The van der Waals surface area contributed by atoms with Gasteiger partial charge in [-0.1, -0.05) is 40.2 Å². The first-order valence-electron chi connectivity index (χ1n) is 5.96. The Morgan fingerprint density at radius 2 is 1.74 bits per heavy atom.